The van der Waals surface area contributed by atoms with Crippen LogP contribution in [0.15, 0.2) is 109 Å². The van der Waals surface area contributed by atoms with Gasteiger partial charge in [0.25, 0.3) is 0 Å². The van der Waals surface area contributed by atoms with Gasteiger partial charge in [-0.3, -0.25) is 0 Å². The van der Waals surface area contributed by atoms with E-state index in [9.17, 15) is 34.8 Å². The summed E-state index contributed by atoms with van der Waals surface area (Å²) >= 11 is 0. The van der Waals surface area contributed by atoms with Crippen molar-refractivity contribution in [3.8, 4) is 22.6 Å². The maximum absolute atomic E-state index is 13.1. The van der Waals surface area contributed by atoms with Crippen molar-refractivity contribution in [2.24, 2.45) is 0 Å². The van der Waals surface area contributed by atoms with E-state index in [0.29, 0.717) is 39.3 Å². The number of nitrogens with zero attached hydrogens (tertiary/aromatic N) is 1. The standard InChI is InChI=1S/C27H20NO4.F6P/c1-28(2)18-15-13-17(14-16-18)23(24-19-9-5-3-7-11-21(19)31-26(24)29)25-20-10-6-4-8-12-22(20)32-27(25)30;1-7(2,3,4,5)6/h3-16H,1-2H3;/q+1;-1. The second-order valence-corrected chi connectivity index (χ2v) is 10.6. The molecule has 2 aliphatic heterocycles. The van der Waals surface area contributed by atoms with Gasteiger partial charge in [-0.2, -0.15) is 0 Å². The molecule has 0 unspecified atom stereocenters. The molecule has 0 amide bonds. The van der Waals surface area contributed by atoms with Gasteiger partial charge < -0.3 is 8.83 Å². The quantitative estimate of drug-likeness (QED) is 0.141. The molecule has 0 saturated carbocycles. The second kappa shape index (κ2) is 9.20. The number of furan rings is 2. The molecule has 0 fully saturated rings. The Morgan fingerprint density at radius 3 is 1.41 bits per heavy atom. The minimum absolute atomic E-state index is 0.347. The molecule has 0 aromatic heterocycles. The van der Waals surface area contributed by atoms with Gasteiger partial charge in [-0.15, -0.1) is 0 Å². The third kappa shape index (κ3) is 7.00. The Morgan fingerprint density at radius 1 is 0.641 bits per heavy atom. The number of hydrogen-bond acceptors (Lipinski definition) is 4. The molecule has 2 heterocycles. The summed E-state index contributed by atoms with van der Waals surface area (Å²) < 4.78 is 72.3. The van der Waals surface area contributed by atoms with Crippen LogP contribution in [0.25, 0.3) is 28.2 Å². The molecule has 0 spiro atoms. The van der Waals surface area contributed by atoms with Crippen LogP contribution in [-0.2, 0) is 0 Å². The molecule has 0 N–H and O–H groups in total. The number of hydrogen-bond donors (Lipinski definition) is 0. The molecule has 39 heavy (non-hydrogen) atoms. The topological polar surface area (TPSA) is 63.4 Å². The average Bonchev–Trinajstić information content (AvgIpc) is 3.06. The van der Waals surface area contributed by atoms with Gasteiger partial charge in [0, 0.05) is 28.9 Å². The van der Waals surface area contributed by atoms with Crippen LogP contribution in [0.4, 0.5) is 25.2 Å². The molecule has 0 saturated heterocycles. The summed E-state index contributed by atoms with van der Waals surface area (Å²) in [5.74, 6) is 0.923. The Bertz CT molecular complexity index is 1640. The van der Waals surface area contributed by atoms with Crippen molar-refractivity contribution >= 4 is 19.1 Å². The second-order valence-electron chi connectivity index (χ2n) is 8.68. The van der Waals surface area contributed by atoms with E-state index in [4.69, 9.17) is 8.83 Å². The SMILES string of the molecule is C[N+](C)=C1C=CC(=C(c2c3cccccc-3oc2=O)c2c3cccccc-3oc2=O)C=C1.F[P-](F)(F)(F)(F)F. The predicted molar refractivity (Wildman–Crippen MR) is 138 cm³/mol. The van der Waals surface area contributed by atoms with Gasteiger partial charge in [0.1, 0.15) is 25.6 Å². The molecular formula is C27H20F6NO4P. The first-order valence-corrected chi connectivity index (χ1v) is 13.3. The Labute approximate surface area is 217 Å². The summed E-state index contributed by atoms with van der Waals surface area (Å²) in [4.78, 5) is 26.2. The fourth-order valence-corrected chi connectivity index (χ4v) is 3.99. The van der Waals surface area contributed by atoms with Crippen molar-refractivity contribution < 1.29 is 38.6 Å². The van der Waals surface area contributed by atoms with Crippen molar-refractivity contribution in [1.29, 1.82) is 0 Å². The fourth-order valence-electron chi connectivity index (χ4n) is 3.99. The van der Waals surface area contributed by atoms with E-state index in [2.05, 4.69) is 0 Å². The third-order valence-corrected chi connectivity index (χ3v) is 5.52. The molecule has 0 aromatic carbocycles. The van der Waals surface area contributed by atoms with Gasteiger partial charge in [0.15, 0.2) is 5.71 Å². The summed E-state index contributed by atoms with van der Waals surface area (Å²) in [5.41, 5.74) is 3.22. The average molecular weight is 567 g/mol. The first-order valence-electron chi connectivity index (χ1n) is 11.2. The van der Waals surface area contributed by atoms with E-state index in [1.54, 1.807) is 12.1 Å². The van der Waals surface area contributed by atoms with Gasteiger partial charge in [0.2, 0.25) is 0 Å². The van der Waals surface area contributed by atoms with Gasteiger partial charge in [0.05, 0.1) is 11.1 Å². The molecule has 0 aromatic rings. The van der Waals surface area contributed by atoms with E-state index in [0.717, 1.165) is 11.3 Å². The van der Waals surface area contributed by atoms with Crippen LogP contribution < -0.4 is 11.3 Å². The molecular weight excluding hydrogens is 547 g/mol. The summed E-state index contributed by atoms with van der Waals surface area (Å²) in [6.45, 7) is 0. The van der Waals surface area contributed by atoms with Gasteiger partial charge in [-0.25, -0.2) is 14.2 Å². The van der Waals surface area contributed by atoms with E-state index < -0.39 is 19.1 Å². The van der Waals surface area contributed by atoms with Crippen LogP contribution in [0.5, 0.6) is 0 Å². The molecule has 5 aliphatic rings. The first kappa shape index (κ1) is 27.8. The number of halogens is 6. The van der Waals surface area contributed by atoms with Crippen molar-refractivity contribution in [2.45, 2.75) is 0 Å². The van der Waals surface area contributed by atoms with E-state index in [-0.39, 0.29) is 0 Å². The normalized spacial score (nSPS) is 15.0. The van der Waals surface area contributed by atoms with E-state index in [1.807, 2.05) is 91.5 Å². The van der Waals surface area contributed by atoms with Crippen molar-refractivity contribution in [1.82, 2.24) is 0 Å². The van der Waals surface area contributed by atoms with Crippen LogP contribution in [0, 0.1) is 0 Å². The number of allylic oxidation sites excluding steroid dienone is 5. The van der Waals surface area contributed by atoms with Crippen molar-refractivity contribution in [3.63, 3.8) is 0 Å². The van der Waals surface area contributed by atoms with Crippen molar-refractivity contribution in [3.05, 3.63) is 123 Å². The first-order chi connectivity index (χ1) is 18.0. The molecule has 204 valence electrons. The van der Waals surface area contributed by atoms with Crippen molar-refractivity contribution in [2.75, 3.05) is 14.1 Å². The maximum atomic E-state index is 13.1. The van der Waals surface area contributed by atoms with Crippen LogP contribution >= 0.6 is 7.81 Å². The summed E-state index contributed by atoms with van der Waals surface area (Å²) in [6.07, 6.45) is 7.73. The zero-order valence-corrected chi connectivity index (χ0v) is 21.3. The fraction of sp³-hybridized carbons (Fsp3) is 0.0741. The summed E-state index contributed by atoms with van der Waals surface area (Å²) in [6, 6.07) is 18.2. The van der Waals surface area contributed by atoms with Crippen LogP contribution in [0.3, 0.4) is 0 Å². The number of rotatable bonds is 2. The zero-order chi connectivity index (χ0) is 28.7. The molecule has 0 atom stereocenters. The Balaban J connectivity index is 0.000000448. The molecule has 3 aliphatic carbocycles. The predicted octanol–water partition coefficient (Wildman–Crippen LogP) is 7.83. The minimum atomic E-state index is -10.7. The van der Waals surface area contributed by atoms with Gasteiger partial charge >= 0.3 is 44.2 Å². The Kier molecular flexibility index (Phi) is 6.55. The summed E-state index contributed by atoms with van der Waals surface area (Å²) in [5, 5.41) is 0. The van der Waals surface area contributed by atoms with Crippen LogP contribution in [0.1, 0.15) is 11.1 Å². The van der Waals surface area contributed by atoms with Crippen LogP contribution in [0.2, 0.25) is 0 Å². The van der Waals surface area contributed by atoms with E-state index in [1.165, 1.54) is 0 Å². The Morgan fingerprint density at radius 2 is 1.03 bits per heavy atom. The molecule has 5 rings (SSSR count). The zero-order valence-electron chi connectivity index (χ0n) is 20.4. The molecule has 5 nitrogen and oxygen atoms in total. The van der Waals surface area contributed by atoms with Gasteiger partial charge in [-0.05, 0) is 29.9 Å². The third-order valence-electron chi connectivity index (χ3n) is 5.52. The van der Waals surface area contributed by atoms with Crippen LogP contribution in [-0.4, -0.2) is 24.4 Å². The Hall–Kier alpha value is -4.24. The molecule has 12 heteroatoms. The number of fused-ring (bicyclic) bond motifs is 2. The molecule has 0 radical (unpaired) electrons. The molecule has 0 bridgehead atoms. The summed E-state index contributed by atoms with van der Waals surface area (Å²) in [7, 11) is -6.74. The van der Waals surface area contributed by atoms with Gasteiger partial charge in [-0.1, -0.05) is 48.5 Å². The van der Waals surface area contributed by atoms with E-state index >= 15 is 0 Å². The monoisotopic (exact) mass is 567 g/mol.